The second-order valence-corrected chi connectivity index (χ2v) is 19.3. The Kier molecular flexibility index (Phi) is 41.7. The molecule has 0 aromatic heterocycles. The van der Waals surface area contributed by atoms with Gasteiger partial charge in [-0.05, 0) is 217 Å². The highest BCUT2D eigenvalue weighted by molar-refractivity contribution is 5.69. The van der Waals surface area contributed by atoms with Crippen molar-refractivity contribution in [3.05, 3.63) is 141 Å². The van der Waals surface area contributed by atoms with E-state index in [2.05, 4.69) is 167 Å². The smallest absolute Gasteiger partial charge is 0.306 e. The topological polar surface area (TPSA) is 26.3 Å². The molecule has 0 spiro atoms. The molecule has 366 valence electrons. The Morgan fingerprint density at radius 3 is 1.00 bits per heavy atom. The predicted octanol–water partition coefficient (Wildman–Crippen LogP) is 20.9. The van der Waals surface area contributed by atoms with Crippen LogP contribution >= 0.6 is 0 Å². The van der Waals surface area contributed by atoms with E-state index in [4.69, 9.17) is 4.74 Å². The molecule has 65 heavy (non-hydrogen) atoms. The van der Waals surface area contributed by atoms with Gasteiger partial charge in [-0.15, -0.1) is 0 Å². The number of allylic oxidation sites excluding steroid dienone is 23. The summed E-state index contributed by atoms with van der Waals surface area (Å²) >= 11 is 0. The van der Waals surface area contributed by atoms with Gasteiger partial charge in [0.05, 0.1) is 0 Å². The minimum absolute atomic E-state index is 0.0656. The molecule has 0 fully saturated rings. The molecule has 0 saturated carbocycles. The summed E-state index contributed by atoms with van der Waals surface area (Å²) < 4.78 is 5.48. The number of ether oxygens (including phenoxy) is 1. The highest BCUT2D eigenvalue weighted by Gasteiger charge is 2.02. The van der Waals surface area contributed by atoms with E-state index in [-0.39, 0.29) is 5.97 Å². The highest BCUT2D eigenvalue weighted by Crippen LogP contribution is 2.18. The van der Waals surface area contributed by atoms with Crippen molar-refractivity contribution >= 4 is 5.97 Å². The third kappa shape index (κ3) is 45.3. The zero-order chi connectivity index (χ0) is 48.2. The summed E-state index contributed by atoms with van der Waals surface area (Å²) in [5.41, 5.74) is 13.3. The quantitative estimate of drug-likeness (QED) is 0.0349. The molecule has 0 aliphatic heterocycles. The summed E-state index contributed by atoms with van der Waals surface area (Å²) in [5, 5.41) is 0. The Morgan fingerprint density at radius 2 is 0.631 bits per heavy atom. The van der Waals surface area contributed by atoms with Crippen molar-refractivity contribution in [2.24, 2.45) is 0 Å². The summed E-state index contributed by atoms with van der Waals surface area (Å²) in [7, 11) is 0. The molecule has 0 bridgehead atoms. The monoisotopic (exact) mass is 891 g/mol. The molecule has 0 heterocycles. The van der Waals surface area contributed by atoms with Crippen molar-refractivity contribution in [2.45, 2.75) is 243 Å². The van der Waals surface area contributed by atoms with E-state index in [1.165, 1.54) is 102 Å². The lowest BCUT2D eigenvalue weighted by molar-refractivity contribution is -0.142. The molecule has 0 atom stereocenters. The molecule has 0 saturated heterocycles. The van der Waals surface area contributed by atoms with Crippen LogP contribution in [-0.2, 0) is 9.53 Å². The molecular weight excluding hydrogens is 789 g/mol. The second kappa shape index (κ2) is 44.2. The number of carbonyl (C=O) groups excluding carboxylic acids is 1. The van der Waals surface area contributed by atoms with Crippen molar-refractivity contribution in [3.8, 4) is 0 Å². The lowest BCUT2D eigenvalue weighted by Gasteiger charge is -2.05. The molecule has 0 N–H and O–H groups in total. The number of carbonyl (C=O) groups is 1. The SMILES string of the molecule is CCC=CCC=CCC=CCCCCCCCC(=O)OC/C=C(\C)CC/C=C(\C)CC/C=C(\C)CC/C=C(\C)CC/C=C(\C)CC/C=C(\C)CC/C=C(\C)CC/C=C(\C)CCC=C(C)C. The van der Waals surface area contributed by atoms with E-state index in [1.54, 1.807) is 0 Å². The van der Waals surface area contributed by atoms with E-state index in [0.29, 0.717) is 13.0 Å². The average Bonchev–Trinajstić information content (AvgIpc) is 3.25. The lowest BCUT2D eigenvalue weighted by Crippen LogP contribution is -2.04. The molecule has 0 aromatic carbocycles. The van der Waals surface area contributed by atoms with Gasteiger partial charge in [0.15, 0.2) is 0 Å². The van der Waals surface area contributed by atoms with Crippen LogP contribution in [0.15, 0.2) is 141 Å². The zero-order valence-corrected chi connectivity index (χ0v) is 44.6. The summed E-state index contributed by atoms with van der Waals surface area (Å²) in [5.74, 6) is -0.0656. The minimum atomic E-state index is -0.0656. The maximum absolute atomic E-state index is 12.2. The van der Waals surface area contributed by atoms with Gasteiger partial charge < -0.3 is 4.74 Å². The first-order valence-corrected chi connectivity index (χ1v) is 26.3. The fourth-order valence-electron chi connectivity index (χ4n) is 7.47. The van der Waals surface area contributed by atoms with Gasteiger partial charge in [0.2, 0.25) is 0 Å². The molecule has 0 unspecified atom stereocenters. The van der Waals surface area contributed by atoms with Crippen molar-refractivity contribution < 1.29 is 9.53 Å². The fraction of sp³-hybridized carbons (Fsp3) is 0.603. The average molecular weight is 892 g/mol. The van der Waals surface area contributed by atoms with Crippen LogP contribution in [0.1, 0.15) is 243 Å². The minimum Gasteiger partial charge on any atom is -0.461 e. The summed E-state index contributed by atoms with van der Waals surface area (Å²) in [6.07, 6.45) is 63.7. The predicted molar refractivity (Wildman–Crippen MR) is 294 cm³/mol. The van der Waals surface area contributed by atoms with Crippen LogP contribution in [0.2, 0.25) is 0 Å². The summed E-state index contributed by atoms with van der Waals surface area (Å²) in [6, 6.07) is 0. The lowest BCUT2D eigenvalue weighted by atomic mass is 10.0. The van der Waals surface area contributed by atoms with Crippen molar-refractivity contribution in [3.63, 3.8) is 0 Å². The standard InChI is InChI=1S/C63H102O2/c1-12-13-14-15-16-17-18-19-20-21-22-23-24-25-26-51-63(64)65-53-52-62(11)50-34-49-61(10)48-33-47-60(9)46-32-45-59(8)44-31-43-58(7)42-30-41-57(6)40-29-39-56(5)38-28-37-55(4)36-27-35-54(2)3/h13-14,16-17,19-20,35,37,39,41,43,45,47,49,52H,12,15,18,21-34,36,38,40,42,44,46,48,50-51,53H2,1-11H3/b14-13?,17-16?,20-19?,55-37+,56-39+,57-41+,58-43+,59-45+,60-47+,61-49+,62-52+. The van der Waals surface area contributed by atoms with E-state index in [9.17, 15) is 4.79 Å². The Hall–Kier alpha value is -3.65. The van der Waals surface area contributed by atoms with E-state index in [1.807, 2.05) is 0 Å². The first kappa shape index (κ1) is 61.4. The fourth-order valence-corrected chi connectivity index (χ4v) is 7.47. The molecule has 2 nitrogen and oxygen atoms in total. The van der Waals surface area contributed by atoms with Gasteiger partial charge in [-0.3, -0.25) is 4.79 Å². The first-order valence-electron chi connectivity index (χ1n) is 26.3. The Bertz CT molecular complexity index is 1610. The highest BCUT2D eigenvalue weighted by atomic mass is 16.5. The number of hydrogen-bond acceptors (Lipinski definition) is 2. The molecule has 0 aliphatic rings. The molecule has 2 heteroatoms. The van der Waals surface area contributed by atoms with Crippen LogP contribution in [0.5, 0.6) is 0 Å². The van der Waals surface area contributed by atoms with Gasteiger partial charge in [0.1, 0.15) is 6.61 Å². The normalized spacial score (nSPS) is 14.2. The Balaban J connectivity index is 4.11. The van der Waals surface area contributed by atoms with Crippen LogP contribution in [0, 0.1) is 0 Å². The Morgan fingerprint density at radius 1 is 0.323 bits per heavy atom. The van der Waals surface area contributed by atoms with Crippen LogP contribution in [-0.4, -0.2) is 12.6 Å². The summed E-state index contributed by atoms with van der Waals surface area (Å²) in [6.45, 7) is 25.1. The van der Waals surface area contributed by atoms with Crippen LogP contribution in [0.3, 0.4) is 0 Å². The Labute approximate surface area is 404 Å². The number of hydrogen-bond donors (Lipinski definition) is 0. The van der Waals surface area contributed by atoms with Crippen LogP contribution in [0.4, 0.5) is 0 Å². The van der Waals surface area contributed by atoms with Gasteiger partial charge in [-0.25, -0.2) is 0 Å². The molecule has 0 aliphatic carbocycles. The van der Waals surface area contributed by atoms with Gasteiger partial charge >= 0.3 is 5.97 Å². The molecule has 0 radical (unpaired) electrons. The molecular formula is C63H102O2. The van der Waals surface area contributed by atoms with Crippen LogP contribution < -0.4 is 0 Å². The van der Waals surface area contributed by atoms with E-state index >= 15 is 0 Å². The van der Waals surface area contributed by atoms with Crippen molar-refractivity contribution in [1.82, 2.24) is 0 Å². The number of rotatable bonds is 39. The van der Waals surface area contributed by atoms with Gasteiger partial charge in [-0.2, -0.15) is 0 Å². The van der Waals surface area contributed by atoms with E-state index < -0.39 is 0 Å². The van der Waals surface area contributed by atoms with Crippen molar-refractivity contribution in [1.29, 1.82) is 0 Å². The molecule has 0 rings (SSSR count). The molecule has 0 aromatic rings. The van der Waals surface area contributed by atoms with Gasteiger partial charge in [0.25, 0.3) is 0 Å². The maximum atomic E-state index is 12.2. The van der Waals surface area contributed by atoms with Crippen molar-refractivity contribution in [2.75, 3.05) is 6.61 Å². The van der Waals surface area contributed by atoms with Gasteiger partial charge in [0, 0.05) is 6.42 Å². The first-order chi connectivity index (χ1) is 31.3. The largest absolute Gasteiger partial charge is 0.461 e. The van der Waals surface area contributed by atoms with E-state index in [0.717, 1.165) is 109 Å². The summed E-state index contributed by atoms with van der Waals surface area (Å²) in [4.78, 5) is 12.2. The van der Waals surface area contributed by atoms with Gasteiger partial charge in [-0.1, -0.05) is 161 Å². The third-order valence-electron chi connectivity index (χ3n) is 12.0. The number of unbranched alkanes of at least 4 members (excludes halogenated alkanes) is 5. The second-order valence-electron chi connectivity index (χ2n) is 19.3. The zero-order valence-electron chi connectivity index (χ0n) is 44.6. The number of esters is 1. The van der Waals surface area contributed by atoms with Crippen LogP contribution in [0.25, 0.3) is 0 Å². The molecule has 0 amide bonds. The maximum Gasteiger partial charge on any atom is 0.306 e. The third-order valence-corrected chi connectivity index (χ3v) is 12.0.